The number of aryl methyl sites for hydroxylation is 1. The van der Waals surface area contributed by atoms with Crippen LogP contribution in [0.3, 0.4) is 0 Å². The molecule has 1 saturated carbocycles. The number of rotatable bonds is 8. The molecule has 1 aromatic rings. The van der Waals surface area contributed by atoms with Gasteiger partial charge in [-0.2, -0.15) is 0 Å². The molecule has 0 aromatic carbocycles. The molecule has 0 amide bonds. The molecule has 1 heterocycles. The molecule has 1 aliphatic rings. The fraction of sp³-hybridized carbons (Fsp3) is 0.692. The second-order valence-corrected chi connectivity index (χ2v) is 7.12. The summed E-state index contributed by atoms with van der Waals surface area (Å²) in [5, 5.41) is 3.38. The van der Waals surface area contributed by atoms with Crippen molar-refractivity contribution in [3.63, 3.8) is 0 Å². The van der Waals surface area contributed by atoms with Crippen LogP contribution in [0.4, 0.5) is 0 Å². The number of hydrogen-bond acceptors (Lipinski definition) is 4. The van der Waals surface area contributed by atoms with Gasteiger partial charge in [0.1, 0.15) is 0 Å². The quantitative estimate of drug-likeness (QED) is 0.737. The number of hydrogen-bond donors (Lipinski definition) is 2. The summed E-state index contributed by atoms with van der Waals surface area (Å²) >= 11 is 0. The molecule has 0 aliphatic heterocycles. The molecule has 0 saturated heterocycles. The van der Waals surface area contributed by atoms with Crippen molar-refractivity contribution in [1.29, 1.82) is 0 Å². The largest absolute Gasteiger partial charge is 0.383 e. The molecule has 114 valence electrons. The second kappa shape index (κ2) is 6.26. The Balaban J connectivity index is 2.04. The Kier molecular flexibility index (Phi) is 4.85. The average Bonchev–Trinajstić information content (AvgIpc) is 3.09. The lowest BCUT2D eigenvalue weighted by Gasteiger charge is -2.11. The monoisotopic (exact) mass is 301 g/mol. The Bertz CT molecular complexity index is 549. The molecule has 20 heavy (non-hydrogen) atoms. The van der Waals surface area contributed by atoms with E-state index in [2.05, 4.69) is 10.0 Å². The van der Waals surface area contributed by atoms with Crippen LogP contribution in [-0.2, 0) is 28.4 Å². The number of methoxy groups -OCH3 is 1. The highest BCUT2D eigenvalue weighted by Gasteiger charge is 2.22. The zero-order valence-corrected chi connectivity index (χ0v) is 13.0. The minimum Gasteiger partial charge on any atom is -0.383 e. The summed E-state index contributed by atoms with van der Waals surface area (Å²) in [6.07, 6.45) is 4.07. The Morgan fingerprint density at radius 2 is 2.20 bits per heavy atom. The van der Waals surface area contributed by atoms with E-state index < -0.39 is 10.0 Å². The first-order valence-electron chi connectivity index (χ1n) is 6.82. The third kappa shape index (κ3) is 4.05. The van der Waals surface area contributed by atoms with Crippen LogP contribution in [-0.4, -0.2) is 38.8 Å². The zero-order valence-electron chi connectivity index (χ0n) is 12.2. The molecular formula is C13H23N3O3S. The van der Waals surface area contributed by atoms with Gasteiger partial charge >= 0.3 is 0 Å². The minimum absolute atomic E-state index is 0.252. The van der Waals surface area contributed by atoms with E-state index in [1.807, 2.05) is 11.6 Å². The Morgan fingerprint density at radius 3 is 2.80 bits per heavy atom. The fourth-order valence-electron chi connectivity index (χ4n) is 2.05. The molecule has 7 heteroatoms. The molecule has 2 rings (SSSR count). The van der Waals surface area contributed by atoms with Crippen molar-refractivity contribution in [3.05, 3.63) is 18.0 Å². The third-order valence-electron chi connectivity index (χ3n) is 3.32. The summed E-state index contributed by atoms with van der Waals surface area (Å²) in [5.74, 6) is 0. The van der Waals surface area contributed by atoms with Gasteiger partial charge in [-0.1, -0.05) is 0 Å². The fourth-order valence-corrected chi connectivity index (χ4v) is 3.37. The van der Waals surface area contributed by atoms with Crippen molar-refractivity contribution in [3.8, 4) is 0 Å². The molecule has 6 nitrogen and oxygen atoms in total. The molecule has 1 aromatic heterocycles. The molecule has 1 unspecified atom stereocenters. The maximum absolute atomic E-state index is 12.2. The number of ether oxygens (including phenoxy) is 1. The maximum atomic E-state index is 12.2. The van der Waals surface area contributed by atoms with Crippen molar-refractivity contribution < 1.29 is 13.2 Å². The van der Waals surface area contributed by atoms with E-state index in [9.17, 15) is 8.42 Å². The van der Waals surface area contributed by atoms with E-state index in [1.165, 1.54) is 12.8 Å². The molecule has 0 bridgehead atoms. The van der Waals surface area contributed by atoms with Gasteiger partial charge in [-0.25, -0.2) is 13.1 Å². The molecular weight excluding hydrogens is 278 g/mol. The third-order valence-corrected chi connectivity index (χ3v) is 4.87. The van der Waals surface area contributed by atoms with Crippen LogP contribution in [0, 0.1) is 0 Å². The van der Waals surface area contributed by atoms with Crippen LogP contribution < -0.4 is 10.0 Å². The van der Waals surface area contributed by atoms with E-state index in [0.717, 1.165) is 5.69 Å². The standard InChI is InChI=1S/C13H23N3O3S/c1-10(9-19-3)15-20(17,18)13-6-12(16(2)8-13)7-14-11-4-5-11/h6,8,10-11,14-15H,4-5,7,9H2,1-3H3. The van der Waals surface area contributed by atoms with Crippen molar-refractivity contribution >= 4 is 10.0 Å². The Labute approximate surface area is 120 Å². The predicted octanol–water partition coefficient (Wildman–Crippen LogP) is 0.590. The lowest BCUT2D eigenvalue weighted by Crippen LogP contribution is -2.35. The van der Waals surface area contributed by atoms with Crippen LogP contribution in [0.5, 0.6) is 0 Å². The Morgan fingerprint density at radius 1 is 1.50 bits per heavy atom. The van der Waals surface area contributed by atoms with Crippen LogP contribution in [0.15, 0.2) is 17.2 Å². The van der Waals surface area contributed by atoms with Crippen LogP contribution in [0.25, 0.3) is 0 Å². The lowest BCUT2D eigenvalue weighted by atomic mass is 10.4. The van der Waals surface area contributed by atoms with Gasteiger partial charge in [0.05, 0.1) is 11.5 Å². The van der Waals surface area contributed by atoms with Crippen molar-refractivity contribution in [2.75, 3.05) is 13.7 Å². The number of nitrogens with zero attached hydrogens (tertiary/aromatic N) is 1. The first kappa shape index (κ1) is 15.5. The van der Waals surface area contributed by atoms with E-state index in [0.29, 0.717) is 24.1 Å². The highest BCUT2D eigenvalue weighted by atomic mass is 32.2. The Hall–Kier alpha value is -0.890. The van der Waals surface area contributed by atoms with Gasteiger partial charge in [-0.05, 0) is 25.8 Å². The highest BCUT2D eigenvalue weighted by Crippen LogP contribution is 2.20. The normalized spacial score (nSPS) is 17.4. The van der Waals surface area contributed by atoms with E-state index in [-0.39, 0.29) is 6.04 Å². The summed E-state index contributed by atoms with van der Waals surface area (Å²) in [6, 6.07) is 2.07. The van der Waals surface area contributed by atoms with Gasteiger partial charge in [-0.15, -0.1) is 0 Å². The van der Waals surface area contributed by atoms with E-state index >= 15 is 0 Å². The summed E-state index contributed by atoms with van der Waals surface area (Å²) in [5.41, 5.74) is 0.969. The van der Waals surface area contributed by atoms with Crippen molar-refractivity contribution in [2.45, 2.75) is 43.3 Å². The van der Waals surface area contributed by atoms with E-state index in [1.54, 1.807) is 26.3 Å². The summed E-state index contributed by atoms with van der Waals surface area (Å²) in [6.45, 7) is 2.83. The van der Waals surface area contributed by atoms with Gasteiger partial charge in [0.2, 0.25) is 10.0 Å². The number of aromatic nitrogens is 1. The summed E-state index contributed by atoms with van der Waals surface area (Å²) < 4.78 is 33.9. The van der Waals surface area contributed by atoms with E-state index in [4.69, 9.17) is 4.74 Å². The summed E-state index contributed by atoms with van der Waals surface area (Å²) in [7, 11) is -0.0717. The average molecular weight is 301 g/mol. The van der Waals surface area contributed by atoms with Gasteiger partial charge in [0.15, 0.2) is 0 Å². The van der Waals surface area contributed by atoms with Gasteiger partial charge in [0.25, 0.3) is 0 Å². The minimum atomic E-state index is -3.48. The smallest absolute Gasteiger partial charge is 0.242 e. The SMILES string of the molecule is COCC(C)NS(=O)(=O)c1cc(CNC2CC2)n(C)c1. The van der Waals surface area contributed by atoms with Crippen LogP contribution >= 0.6 is 0 Å². The molecule has 1 atom stereocenters. The number of nitrogens with one attached hydrogen (secondary N) is 2. The molecule has 0 radical (unpaired) electrons. The lowest BCUT2D eigenvalue weighted by molar-refractivity contribution is 0.180. The molecule has 1 fully saturated rings. The van der Waals surface area contributed by atoms with Crippen molar-refractivity contribution in [1.82, 2.24) is 14.6 Å². The first-order valence-corrected chi connectivity index (χ1v) is 8.30. The van der Waals surface area contributed by atoms with Crippen molar-refractivity contribution in [2.24, 2.45) is 7.05 Å². The zero-order chi connectivity index (χ0) is 14.8. The van der Waals surface area contributed by atoms with Gasteiger partial charge in [0, 0.05) is 44.7 Å². The topological polar surface area (TPSA) is 72.4 Å². The highest BCUT2D eigenvalue weighted by molar-refractivity contribution is 7.89. The summed E-state index contributed by atoms with van der Waals surface area (Å²) in [4.78, 5) is 0.301. The number of sulfonamides is 1. The molecule has 2 N–H and O–H groups in total. The second-order valence-electron chi connectivity index (χ2n) is 5.41. The molecule has 1 aliphatic carbocycles. The van der Waals surface area contributed by atoms with Gasteiger partial charge < -0.3 is 14.6 Å². The van der Waals surface area contributed by atoms with Crippen LogP contribution in [0.1, 0.15) is 25.5 Å². The predicted molar refractivity (Wildman–Crippen MR) is 76.9 cm³/mol. The maximum Gasteiger partial charge on any atom is 0.242 e. The molecule has 0 spiro atoms. The first-order chi connectivity index (χ1) is 9.42. The van der Waals surface area contributed by atoms with Crippen LogP contribution in [0.2, 0.25) is 0 Å². The van der Waals surface area contributed by atoms with Gasteiger partial charge in [-0.3, -0.25) is 0 Å².